The molecule has 2 nitrogen and oxygen atoms in total. The highest BCUT2D eigenvalue weighted by Gasteiger charge is 2.41. The maximum absolute atomic E-state index is 3.69. The second-order valence-corrected chi connectivity index (χ2v) is 9.59. The van der Waals surface area contributed by atoms with Gasteiger partial charge in [0.25, 0.3) is 5.82 Å². The third-order valence-electron chi connectivity index (χ3n) is 7.09. The fourth-order valence-corrected chi connectivity index (χ4v) is 5.19. The monoisotopic (exact) mass is 431 g/mol. The molecule has 0 aliphatic heterocycles. The van der Waals surface area contributed by atoms with Gasteiger partial charge in [-0.05, 0) is 36.8 Å². The zero-order valence-corrected chi connectivity index (χ0v) is 20.5. The molecule has 0 radical (unpaired) electrons. The first-order chi connectivity index (χ1) is 15.7. The van der Waals surface area contributed by atoms with Gasteiger partial charge in [-0.15, -0.1) is 0 Å². The van der Waals surface area contributed by atoms with Gasteiger partial charge in [0.1, 0.15) is 12.4 Å². The Balaban J connectivity index is 1.94. The van der Waals surface area contributed by atoms with E-state index in [9.17, 15) is 0 Å². The largest absolute Gasteiger partial charge is 0.258 e. The van der Waals surface area contributed by atoms with Gasteiger partial charge in [0.2, 0.25) is 0 Å². The van der Waals surface area contributed by atoms with Crippen LogP contribution in [0.2, 0.25) is 0 Å². The van der Waals surface area contributed by atoms with Crippen molar-refractivity contribution in [2.45, 2.75) is 96.4 Å². The summed E-state index contributed by atoms with van der Waals surface area (Å²) in [6, 6.07) is 22.2. The van der Waals surface area contributed by atoms with Gasteiger partial charge in [0.05, 0.1) is 12.5 Å². The number of aromatic amines is 1. The molecule has 172 valence electrons. The third-order valence-corrected chi connectivity index (χ3v) is 7.09. The lowest BCUT2D eigenvalue weighted by molar-refractivity contribution is -0.705. The van der Waals surface area contributed by atoms with Gasteiger partial charge in [-0.25, -0.2) is 9.55 Å². The fourth-order valence-electron chi connectivity index (χ4n) is 5.19. The fraction of sp³-hybridized carbons (Fsp3) is 0.500. The lowest BCUT2D eigenvalue weighted by atomic mass is 9.66. The Morgan fingerprint density at radius 2 is 1.47 bits per heavy atom. The number of hydrogen-bond acceptors (Lipinski definition) is 0. The molecule has 3 aromatic rings. The van der Waals surface area contributed by atoms with E-state index in [-0.39, 0.29) is 5.41 Å². The smallest absolute Gasteiger partial charge is 0.247 e. The Labute approximate surface area is 196 Å². The van der Waals surface area contributed by atoms with Crippen LogP contribution in [0.5, 0.6) is 0 Å². The Morgan fingerprint density at radius 3 is 2.16 bits per heavy atom. The quantitative estimate of drug-likeness (QED) is 0.199. The minimum Gasteiger partial charge on any atom is -0.247 e. The van der Waals surface area contributed by atoms with Crippen molar-refractivity contribution >= 4 is 0 Å². The number of hydrogen-bond donors (Lipinski definition) is 1. The number of H-pyrrole nitrogens is 1. The van der Waals surface area contributed by atoms with E-state index in [0.717, 1.165) is 13.0 Å². The molecule has 0 aliphatic carbocycles. The van der Waals surface area contributed by atoms with Crippen LogP contribution in [0.15, 0.2) is 73.1 Å². The minimum absolute atomic E-state index is 0.0204. The van der Waals surface area contributed by atoms with Crippen molar-refractivity contribution < 1.29 is 4.57 Å². The third kappa shape index (κ3) is 6.34. The van der Waals surface area contributed by atoms with Crippen LogP contribution in [0.25, 0.3) is 0 Å². The van der Waals surface area contributed by atoms with Crippen molar-refractivity contribution in [2.24, 2.45) is 0 Å². The minimum atomic E-state index is 0.0204. The summed E-state index contributed by atoms with van der Waals surface area (Å²) < 4.78 is 2.51. The Hall–Kier alpha value is -2.35. The van der Waals surface area contributed by atoms with Gasteiger partial charge in [0.15, 0.2) is 0 Å². The number of benzene rings is 2. The van der Waals surface area contributed by atoms with Crippen molar-refractivity contribution in [1.29, 1.82) is 0 Å². The summed E-state index contributed by atoms with van der Waals surface area (Å²) in [5.74, 6) is 1.84. The maximum Gasteiger partial charge on any atom is 0.258 e. The summed E-state index contributed by atoms with van der Waals surface area (Å²) in [6.07, 6.45) is 15.7. The predicted octanol–water partition coefficient (Wildman–Crippen LogP) is 7.75. The zero-order chi connectivity index (χ0) is 22.7. The van der Waals surface area contributed by atoms with Gasteiger partial charge in [-0.2, -0.15) is 0 Å². The Bertz CT molecular complexity index is 883. The van der Waals surface area contributed by atoms with Crippen molar-refractivity contribution in [3.05, 3.63) is 90.0 Å². The first kappa shape index (κ1) is 24.3. The van der Waals surface area contributed by atoms with E-state index in [1.165, 1.54) is 68.3 Å². The summed E-state index contributed by atoms with van der Waals surface area (Å²) >= 11 is 0. The van der Waals surface area contributed by atoms with Crippen LogP contribution in [-0.2, 0) is 18.4 Å². The number of imidazole rings is 1. The average Bonchev–Trinajstić information content (AvgIpc) is 3.28. The van der Waals surface area contributed by atoms with Gasteiger partial charge < -0.3 is 0 Å². The molecule has 3 rings (SSSR count). The molecule has 2 aromatic carbocycles. The first-order valence-electron chi connectivity index (χ1n) is 12.8. The molecule has 0 amide bonds. The van der Waals surface area contributed by atoms with E-state index in [1.807, 2.05) is 0 Å². The van der Waals surface area contributed by atoms with Crippen molar-refractivity contribution in [2.75, 3.05) is 0 Å². The molecule has 0 spiro atoms. The molecule has 1 heterocycles. The standard InChI is InChI=1S/C30H42N2/c1-4-6-8-9-16-23-32-24-22-31-29(32)28(21-7-5-2)30(3,27-19-14-11-15-20-27)25-26-17-12-10-13-18-26/h10-15,17-20,22,24,28H,4-9,16,21,23,25H2,1-3H3/p+1. The van der Waals surface area contributed by atoms with E-state index < -0.39 is 0 Å². The Kier molecular flexibility index (Phi) is 9.59. The second-order valence-electron chi connectivity index (χ2n) is 9.59. The normalized spacial score (nSPS) is 14.2. The number of aromatic nitrogens is 2. The van der Waals surface area contributed by atoms with Gasteiger partial charge in [-0.1, -0.05) is 114 Å². The van der Waals surface area contributed by atoms with Crippen LogP contribution in [0.4, 0.5) is 0 Å². The van der Waals surface area contributed by atoms with Crippen LogP contribution in [0, 0.1) is 0 Å². The van der Waals surface area contributed by atoms with Crippen LogP contribution in [0.3, 0.4) is 0 Å². The number of nitrogens with one attached hydrogen (secondary N) is 1. The van der Waals surface area contributed by atoms with Crippen molar-refractivity contribution in [3.63, 3.8) is 0 Å². The molecule has 1 aromatic heterocycles. The molecule has 1 N–H and O–H groups in total. The molecule has 2 unspecified atom stereocenters. The summed E-state index contributed by atoms with van der Waals surface area (Å²) in [5, 5.41) is 0. The van der Waals surface area contributed by atoms with Gasteiger partial charge in [0, 0.05) is 5.41 Å². The summed E-state index contributed by atoms with van der Waals surface area (Å²) in [7, 11) is 0. The number of nitrogens with zero attached hydrogens (tertiary/aromatic N) is 1. The number of unbranched alkanes of at least 4 members (excludes halogenated alkanes) is 5. The van der Waals surface area contributed by atoms with Gasteiger partial charge >= 0.3 is 0 Å². The van der Waals surface area contributed by atoms with E-state index >= 15 is 0 Å². The molecule has 0 bridgehead atoms. The molecular formula is C30H43N2+. The lowest BCUT2D eigenvalue weighted by Crippen LogP contribution is -2.43. The van der Waals surface area contributed by atoms with E-state index in [2.05, 4.69) is 103 Å². The van der Waals surface area contributed by atoms with Crippen LogP contribution in [0.1, 0.15) is 95.0 Å². The summed E-state index contributed by atoms with van der Waals surface area (Å²) in [4.78, 5) is 3.69. The molecule has 0 saturated carbocycles. The molecule has 0 aliphatic rings. The molecular weight excluding hydrogens is 388 g/mol. The zero-order valence-electron chi connectivity index (χ0n) is 20.5. The number of rotatable bonds is 14. The lowest BCUT2D eigenvalue weighted by Gasteiger charge is -2.37. The second kappa shape index (κ2) is 12.6. The summed E-state index contributed by atoms with van der Waals surface area (Å²) in [6.45, 7) is 8.20. The maximum atomic E-state index is 3.69. The van der Waals surface area contributed by atoms with Crippen molar-refractivity contribution in [3.8, 4) is 0 Å². The van der Waals surface area contributed by atoms with Gasteiger partial charge in [-0.3, -0.25) is 0 Å². The van der Waals surface area contributed by atoms with Crippen LogP contribution in [-0.4, -0.2) is 4.98 Å². The summed E-state index contributed by atoms with van der Waals surface area (Å²) in [5.41, 5.74) is 2.87. The molecule has 32 heavy (non-hydrogen) atoms. The highest BCUT2D eigenvalue weighted by atomic mass is 15.1. The van der Waals surface area contributed by atoms with E-state index in [4.69, 9.17) is 0 Å². The SMILES string of the molecule is CCCCCCC[n+]1cc[nH]c1C(CCCC)C(C)(Cc1ccccc1)c1ccccc1. The van der Waals surface area contributed by atoms with Crippen molar-refractivity contribution in [1.82, 2.24) is 4.98 Å². The van der Waals surface area contributed by atoms with E-state index in [0.29, 0.717) is 5.92 Å². The van der Waals surface area contributed by atoms with Crippen LogP contribution < -0.4 is 4.57 Å². The molecule has 0 fully saturated rings. The van der Waals surface area contributed by atoms with Crippen LogP contribution >= 0.6 is 0 Å². The highest BCUT2D eigenvalue weighted by molar-refractivity contribution is 5.32. The molecule has 2 heteroatoms. The topological polar surface area (TPSA) is 19.7 Å². The van der Waals surface area contributed by atoms with E-state index in [1.54, 1.807) is 0 Å². The predicted molar refractivity (Wildman–Crippen MR) is 136 cm³/mol. The highest BCUT2D eigenvalue weighted by Crippen LogP contribution is 2.43. The molecule has 0 saturated heterocycles. The average molecular weight is 432 g/mol. The number of aryl methyl sites for hydroxylation is 1. The molecule has 2 atom stereocenters. The first-order valence-corrected chi connectivity index (χ1v) is 12.8. The Morgan fingerprint density at radius 1 is 0.812 bits per heavy atom.